The molecular weight excluding hydrogens is 252 g/mol. The highest BCUT2D eigenvalue weighted by Gasteiger charge is 2.03. The van der Waals surface area contributed by atoms with Crippen LogP contribution in [-0.2, 0) is 6.61 Å². The molecule has 94 valence electrons. The number of hydrogen-bond donors (Lipinski definition) is 1. The second-order valence-electron chi connectivity index (χ2n) is 3.64. The molecule has 1 aromatic carbocycles. The molecule has 0 aliphatic heterocycles. The summed E-state index contributed by atoms with van der Waals surface area (Å²) in [7, 11) is 1.57. The number of anilines is 1. The molecule has 0 saturated carbocycles. The van der Waals surface area contributed by atoms with Gasteiger partial charge in [-0.2, -0.15) is 0 Å². The number of methoxy groups -OCH3 is 1. The van der Waals surface area contributed by atoms with Crippen LogP contribution in [0.25, 0.3) is 0 Å². The van der Waals surface area contributed by atoms with Gasteiger partial charge >= 0.3 is 0 Å². The predicted molar refractivity (Wildman–Crippen MR) is 71.0 cm³/mol. The van der Waals surface area contributed by atoms with E-state index in [0.717, 1.165) is 5.69 Å². The van der Waals surface area contributed by atoms with E-state index in [1.54, 1.807) is 31.4 Å². The highest BCUT2D eigenvalue weighted by molar-refractivity contribution is 6.30. The number of halogens is 1. The Bertz CT molecular complexity index is 546. The van der Waals surface area contributed by atoms with Crippen molar-refractivity contribution in [2.45, 2.75) is 6.61 Å². The lowest BCUT2D eigenvalue weighted by Gasteiger charge is -2.09. The zero-order valence-corrected chi connectivity index (χ0v) is 10.6. The Morgan fingerprint density at radius 1 is 1.28 bits per heavy atom. The number of aromatic nitrogens is 1. The Hall–Kier alpha value is -1.94. The summed E-state index contributed by atoms with van der Waals surface area (Å²) in [6.45, 7) is 0.322. The maximum atomic E-state index is 5.81. The zero-order chi connectivity index (χ0) is 13.0. The Morgan fingerprint density at radius 3 is 2.83 bits per heavy atom. The Labute approximate surface area is 110 Å². The van der Waals surface area contributed by atoms with E-state index in [4.69, 9.17) is 26.8 Å². The minimum absolute atomic E-state index is 0.322. The molecule has 0 radical (unpaired) electrons. The Morgan fingerprint density at radius 2 is 2.11 bits per heavy atom. The first kappa shape index (κ1) is 12.5. The van der Waals surface area contributed by atoms with Crippen molar-refractivity contribution in [2.24, 2.45) is 0 Å². The molecule has 2 N–H and O–H groups in total. The highest BCUT2D eigenvalue weighted by atomic mass is 35.5. The molecule has 2 aromatic rings. The minimum atomic E-state index is 0.322. The summed E-state index contributed by atoms with van der Waals surface area (Å²) >= 11 is 5.81. The monoisotopic (exact) mass is 264 g/mol. The van der Waals surface area contributed by atoms with Crippen LogP contribution in [0, 0.1) is 0 Å². The first-order valence-electron chi connectivity index (χ1n) is 5.37. The van der Waals surface area contributed by atoms with Crippen LogP contribution < -0.4 is 15.2 Å². The standard InChI is InChI=1S/C13H13ClN2O2/c1-17-13-4-2-3-10(16-13)8-18-12-6-5-9(14)7-11(12)15/h2-7H,8,15H2,1H3. The van der Waals surface area contributed by atoms with Crippen LogP contribution in [0.3, 0.4) is 0 Å². The molecule has 0 amide bonds. The van der Waals surface area contributed by atoms with Gasteiger partial charge in [-0.15, -0.1) is 0 Å². The molecule has 0 aliphatic rings. The molecule has 0 saturated heterocycles. The fraction of sp³-hybridized carbons (Fsp3) is 0.154. The average molecular weight is 265 g/mol. The van der Waals surface area contributed by atoms with Crippen LogP contribution in [0.4, 0.5) is 5.69 Å². The zero-order valence-electron chi connectivity index (χ0n) is 9.89. The lowest BCUT2D eigenvalue weighted by atomic mass is 10.3. The third-order valence-electron chi connectivity index (χ3n) is 2.34. The molecule has 0 fully saturated rings. The van der Waals surface area contributed by atoms with Gasteiger partial charge in [-0.3, -0.25) is 0 Å². The maximum Gasteiger partial charge on any atom is 0.213 e. The van der Waals surface area contributed by atoms with E-state index in [1.807, 2.05) is 12.1 Å². The smallest absolute Gasteiger partial charge is 0.213 e. The maximum absolute atomic E-state index is 5.81. The summed E-state index contributed by atoms with van der Waals surface area (Å²) in [5.74, 6) is 1.14. The van der Waals surface area contributed by atoms with Crippen LogP contribution in [0.5, 0.6) is 11.6 Å². The van der Waals surface area contributed by atoms with E-state index in [9.17, 15) is 0 Å². The third-order valence-corrected chi connectivity index (χ3v) is 2.57. The average Bonchev–Trinajstić information content (AvgIpc) is 2.38. The number of nitrogen functional groups attached to an aromatic ring is 1. The molecule has 1 heterocycles. The largest absolute Gasteiger partial charge is 0.485 e. The number of hydrogen-bond acceptors (Lipinski definition) is 4. The van der Waals surface area contributed by atoms with Crippen LogP contribution >= 0.6 is 11.6 Å². The van der Waals surface area contributed by atoms with Crippen LogP contribution in [0.15, 0.2) is 36.4 Å². The lowest BCUT2D eigenvalue weighted by molar-refractivity contribution is 0.299. The van der Waals surface area contributed by atoms with Gasteiger partial charge in [-0.1, -0.05) is 17.7 Å². The molecule has 0 atom stereocenters. The Kier molecular flexibility index (Phi) is 3.89. The molecule has 1 aromatic heterocycles. The summed E-state index contributed by atoms with van der Waals surface area (Å²) in [5.41, 5.74) is 7.06. The Balaban J connectivity index is 2.06. The SMILES string of the molecule is COc1cccc(COc2ccc(Cl)cc2N)n1. The van der Waals surface area contributed by atoms with Gasteiger partial charge in [-0.25, -0.2) is 4.98 Å². The number of nitrogens with zero attached hydrogens (tertiary/aromatic N) is 1. The lowest BCUT2D eigenvalue weighted by Crippen LogP contribution is -2.01. The molecular formula is C13H13ClN2O2. The van der Waals surface area contributed by atoms with E-state index in [1.165, 1.54) is 0 Å². The fourth-order valence-electron chi connectivity index (χ4n) is 1.45. The van der Waals surface area contributed by atoms with Gasteiger partial charge in [0.05, 0.1) is 18.5 Å². The number of pyridine rings is 1. The summed E-state index contributed by atoms with van der Waals surface area (Å²) in [4.78, 5) is 4.24. The van der Waals surface area contributed by atoms with Gasteiger partial charge in [0, 0.05) is 11.1 Å². The summed E-state index contributed by atoms with van der Waals surface area (Å²) in [6, 6.07) is 10.6. The molecule has 0 spiro atoms. The van der Waals surface area contributed by atoms with Gasteiger partial charge in [0.15, 0.2) is 0 Å². The first-order chi connectivity index (χ1) is 8.69. The van der Waals surface area contributed by atoms with Crippen molar-refractivity contribution in [3.8, 4) is 11.6 Å². The molecule has 0 aliphatic carbocycles. The second-order valence-corrected chi connectivity index (χ2v) is 4.08. The van der Waals surface area contributed by atoms with E-state index in [0.29, 0.717) is 28.9 Å². The second kappa shape index (κ2) is 5.60. The molecule has 2 rings (SSSR count). The van der Waals surface area contributed by atoms with E-state index in [-0.39, 0.29) is 0 Å². The van der Waals surface area contributed by atoms with Crippen molar-refractivity contribution in [1.29, 1.82) is 0 Å². The van der Waals surface area contributed by atoms with Gasteiger partial charge in [0.1, 0.15) is 12.4 Å². The quantitative estimate of drug-likeness (QED) is 0.863. The summed E-state index contributed by atoms with van der Waals surface area (Å²) < 4.78 is 10.6. The van der Waals surface area contributed by atoms with Crippen molar-refractivity contribution in [3.05, 3.63) is 47.1 Å². The van der Waals surface area contributed by atoms with Crippen molar-refractivity contribution >= 4 is 17.3 Å². The number of nitrogens with two attached hydrogens (primary N) is 1. The highest BCUT2D eigenvalue weighted by Crippen LogP contribution is 2.25. The number of rotatable bonds is 4. The van der Waals surface area contributed by atoms with Crippen molar-refractivity contribution in [1.82, 2.24) is 4.98 Å². The van der Waals surface area contributed by atoms with E-state index in [2.05, 4.69) is 4.98 Å². The number of benzene rings is 1. The topological polar surface area (TPSA) is 57.4 Å². The van der Waals surface area contributed by atoms with Gasteiger partial charge in [0.2, 0.25) is 5.88 Å². The van der Waals surface area contributed by atoms with Gasteiger partial charge in [-0.05, 0) is 24.3 Å². The normalized spacial score (nSPS) is 10.1. The van der Waals surface area contributed by atoms with Crippen LogP contribution in [0.1, 0.15) is 5.69 Å². The minimum Gasteiger partial charge on any atom is -0.485 e. The van der Waals surface area contributed by atoms with Gasteiger partial charge < -0.3 is 15.2 Å². The summed E-state index contributed by atoms with van der Waals surface area (Å²) in [5, 5.41) is 0.583. The first-order valence-corrected chi connectivity index (χ1v) is 5.74. The van der Waals surface area contributed by atoms with Crippen molar-refractivity contribution in [2.75, 3.05) is 12.8 Å². The van der Waals surface area contributed by atoms with Crippen molar-refractivity contribution in [3.63, 3.8) is 0 Å². The van der Waals surface area contributed by atoms with E-state index < -0.39 is 0 Å². The third kappa shape index (κ3) is 3.05. The number of ether oxygens (including phenoxy) is 2. The fourth-order valence-corrected chi connectivity index (χ4v) is 1.63. The molecule has 4 nitrogen and oxygen atoms in total. The van der Waals surface area contributed by atoms with Gasteiger partial charge in [0.25, 0.3) is 0 Å². The molecule has 18 heavy (non-hydrogen) atoms. The van der Waals surface area contributed by atoms with Crippen molar-refractivity contribution < 1.29 is 9.47 Å². The molecule has 5 heteroatoms. The summed E-state index contributed by atoms with van der Waals surface area (Å²) in [6.07, 6.45) is 0. The molecule has 0 unspecified atom stereocenters. The van der Waals surface area contributed by atoms with Crippen LogP contribution in [0.2, 0.25) is 5.02 Å². The predicted octanol–water partition coefficient (Wildman–Crippen LogP) is 2.90. The van der Waals surface area contributed by atoms with E-state index >= 15 is 0 Å². The molecule has 0 bridgehead atoms. The van der Waals surface area contributed by atoms with Crippen LogP contribution in [-0.4, -0.2) is 12.1 Å².